The molecule has 0 bridgehead atoms. The Kier molecular flexibility index (Phi) is 6.89. The van der Waals surface area contributed by atoms with Crippen molar-refractivity contribution in [3.63, 3.8) is 0 Å². The molecule has 4 heteroatoms. The number of rotatable bonds is 7. The normalized spacial score (nSPS) is 18.3. The highest BCUT2D eigenvalue weighted by molar-refractivity contribution is 6.30. The molecule has 0 amide bonds. The molecular formula is C25H31ClN2O. The largest absolute Gasteiger partial charge is 0.369 e. The molecular weight excluding hydrogens is 380 g/mol. The summed E-state index contributed by atoms with van der Waals surface area (Å²) in [4.78, 5) is 17.4. The third kappa shape index (κ3) is 5.40. The Balaban J connectivity index is 1.19. The van der Waals surface area contributed by atoms with E-state index in [4.69, 9.17) is 11.6 Å². The number of Topliss-reactive ketones (excluding diaryl/α,β-unsaturated/α-hetero) is 1. The van der Waals surface area contributed by atoms with E-state index in [1.165, 1.54) is 36.9 Å². The van der Waals surface area contributed by atoms with E-state index < -0.39 is 0 Å². The van der Waals surface area contributed by atoms with Gasteiger partial charge in [-0.15, -0.1) is 0 Å². The molecule has 2 fully saturated rings. The van der Waals surface area contributed by atoms with E-state index in [-0.39, 0.29) is 5.78 Å². The predicted molar refractivity (Wildman–Crippen MR) is 121 cm³/mol. The summed E-state index contributed by atoms with van der Waals surface area (Å²) in [5, 5.41) is 0.791. The van der Waals surface area contributed by atoms with Crippen LogP contribution in [0.15, 0.2) is 48.5 Å². The number of hydrogen-bond acceptors (Lipinski definition) is 3. The topological polar surface area (TPSA) is 23.6 Å². The summed E-state index contributed by atoms with van der Waals surface area (Å²) in [7, 11) is 0. The fourth-order valence-electron chi connectivity index (χ4n) is 4.71. The molecule has 0 N–H and O–H groups in total. The Hall–Kier alpha value is -1.84. The summed E-state index contributed by atoms with van der Waals surface area (Å²) in [6.45, 7) is 5.09. The van der Waals surface area contributed by atoms with Crippen LogP contribution in [0.2, 0.25) is 5.02 Å². The Labute approximate surface area is 179 Å². The van der Waals surface area contributed by atoms with Gasteiger partial charge in [-0.25, -0.2) is 0 Å². The lowest BCUT2D eigenvalue weighted by Gasteiger charge is -2.36. The van der Waals surface area contributed by atoms with Crippen molar-refractivity contribution in [3.05, 3.63) is 64.7 Å². The van der Waals surface area contributed by atoms with Gasteiger partial charge in [0, 0.05) is 48.9 Å². The van der Waals surface area contributed by atoms with Crippen molar-refractivity contribution in [2.75, 3.05) is 37.6 Å². The number of hydrogen-bond donors (Lipinski definition) is 0. The van der Waals surface area contributed by atoms with Crippen LogP contribution >= 0.6 is 11.6 Å². The predicted octanol–water partition coefficient (Wildman–Crippen LogP) is 5.78. The van der Waals surface area contributed by atoms with Crippen LogP contribution in [-0.4, -0.2) is 43.4 Å². The minimum Gasteiger partial charge on any atom is -0.369 e. The molecule has 3 nitrogen and oxygen atoms in total. The number of benzene rings is 2. The van der Waals surface area contributed by atoms with Crippen LogP contribution in [0.1, 0.15) is 60.4 Å². The summed E-state index contributed by atoms with van der Waals surface area (Å²) in [5.41, 5.74) is 3.49. The van der Waals surface area contributed by atoms with E-state index in [0.717, 1.165) is 49.7 Å². The minimum atomic E-state index is 0.278. The van der Waals surface area contributed by atoms with Crippen LogP contribution in [0.5, 0.6) is 0 Å². The van der Waals surface area contributed by atoms with Crippen molar-refractivity contribution in [2.45, 2.75) is 44.4 Å². The maximum absolute atomic E-state index is 12.5. The summed E-state index contributed by atoms with van der Waals surface area (Å²) in [6.07, 6.45) is 6.87. The zero-order valence-corrected chi connectivity index (χ0v) is 17.9. The van der Waals surface area contributed by atoms with Gasteiger partial charge in [0.2, 0.25) is 0 Å². The van der Waals surface area contributed by atoms with E-state index >= 15 is 0 Å². The van der Waals surface area contributed by atoms with Crippen LogP contribution in [0.25, 0.3) is 0 Å². The fraction of sp³-hybridized carbons (Fsp3) is 0.480. The van der Waals surface area contributed by atoms with Crippen molar-refractivity contribution in [3.8, 4) is 0 Å². The van der Waals surface area contributed by atoms with Crippen LogP contribution in [-0.2, 0) is 0 Å². The molecule has 0 spiro atoms. The lowest BCUT2D eigenvalue weighted by atomic mass is 9.95. The van der Waals surface area contributed by atoms with Crippen LogP contribution < -0.4 is 4.90 Å². The summed E-state index contributed by atoms with van der Waals surface area (Å²) in [6, 6.07) is 16.5. The number of ketones is 1. The van der Waals surface area contributed by atoms with Gasteiger partial charge in [0.25, 0.3) is 0 Å². The monoisotopic (exact) mass is 410 g/mol. The second-order valence-corrected chi connectivity index (χ2v) is 8.88. The summed E-state index contributed by atoms with van der Waals surface area (Å²) in [5.74, 6) is 0.991. The highest BCUT2D eigenvalue weighted by Crippen LogP contribution is 2.34. The van der Waals surface area contributed by atoms with Gasteiger partial charge >= 0.3 is 0 Å². The molecule has 2 aromatic rings. The van der Waals surface area contributed by atoms with Gasteiger partial charge in [0.1, 0.15) is 0 Å². The van der Waals surface area contributed by atoms with Gasteiger partial charge in [-0.3, -0.25) is 9.69 Å². The van der Waals surface area contributed by atoms with Gasteiger partial charge in [0.05, 0.1) is 0 Å². The molecule has 1 saturated carbocycles. The SMILES string of the molecule is O=C(CCCN1CCN(c2cccc(Cl)c2)CC1)c1ccc(C2CCCC2)cc1. The van der Waals surface area contributed by atoms with Crippen molar-refractivity contribution in [2.24, 2.45) is 0 Å². The standard InChI is InChI=1S/C25H31ClN2O/c26-23-7-3-8-24(19-23)28-17-15-27(16-18-28)14-4-9-25(29)22-12-10-21(11-13-22)20-5-1-2-6-20/h3,7-8,10-13,19-20H,1-2,4-6,9,14-18H2. The van der Waals surface area contributed by atoms with E-state index in [9.17, 15) is 4.79 Å². The first-order chi connectivity index (χ1) is 14.2. The lowest BCUT2D eigenvalue weighted by Crippen LogP contribution is -2.46. The maximum atomic E-state index is 12.5. The second kappa shape index (κ2) is 9.77. The van der Waals surface area contributed by atoms with Gasteiger partial charge in [0.15, 0.2) is 5.78 Å². The molecule has 2 aromatic carbocycles. The molecule has 1 aliphatic heterocycles. The third-order valence-electron chi connectivity index (χ3n) is 6.48. The average molecular weight is 411 g/mol. The summed E-state index contributed by atoms with van der Waals surface area (Å²) >= 11 is 6.11. The molecule has 0 atom stereocenters. The first-order valence-corrected chi connectivity index (χ1v) is 11.4. The second-order valence-electron chi connectivity index (χ2n) is 8.44. The van der Waals surface area contributed by atoms with E-state index in [2.05, 4.69) is 28.0 Å². The van der Waals surface area contributed by atoms with Gasteiger partial charge in [-0.05, 0) is 55.5 Å². The molecule has 4 rings (SSSR count). The minimum absolute atomic E-state index is 0.278. The zero-order chi connectivity index (χ0) is 20.1. The number of carbonyl (C=O) groups is 1. The van der Waals surface area contributed by atoms with E-state index in [1.54, 1.807) is 0 Å². The van der Waals surface area contributed by atoms with Gasteiger partial charge < -0.3 is 4.90 Å². The number of anilines is 1. The van der Waals surface area contributed by atoms with Crippen molar-refractivity contribution in [1.82, 2.24) is 4.90 Å². The maximum Gasteiger partial charge on any atom is 0.162 e. The highest BCUT2D eigenvalue weighted by Gasteiger charge is 2.19. The third-order valence-corrected chi connectivity index (χ3v) is 6.72. The first-order valence-electron chi connectivity index (χ1n) is 11.0. The number of piperazine rings is 1. The van der Waals surface area contributed by atoms with Gasteiger partial charge in [-0.1, -0.05) is 54.8 Å². The number of nitrogens with zero attached hydrogens (tertiary/aromatic N) is 2. The molecule has 0 aromatic heterocycles. The van der Waals surface area contributed by atoms with Crippen molar-refractivity contribution in [1.29, 1.82) is 0 Å². The molecule has 1 aliphatic carbocycles. The average Bonchev–Trinajstić information content (AvgIpc) is 3.29. The Bertz CT molecular complexity index is 806. The molecule has 1 heterocycles. The molecule has 0 unspecified atom stereocenters. The molecule has 29 heavy (non-hydrogen) atoms. The van der Waals surface area contributed by atoms with E-state index in [1.807, 2.05) is 30.3 Å². The van der Waals surface area contributed by atoms with Crippen LogP contribution in [0, 0.1) is 0 Å². The van der Waals surface area contributed by atoms with E-state index in [0.29, 0.717) is 12.3 Å². The van der Waals surface area contributed by atoms with Crippen LogP contribution in [0.4, 0.5) is 5.69 Å². The Morgan fingerprint density at radius 2 is 1.69 bits per heavy atom. The summed E-state index contributed by atoms with van der Waals surface area (Å²) < 4.78 is 0. The Morgan fingerprint density at radius 1 is 0.966 bits per heavy atom. The molecule has 1 saturated heterocycles. The number of carbonyl (C=O) groups excluding carboxylic acids is 1. The smallest absolute Gasteiger partial charge is 0.162 e. The number of halogens is 1. The first kappa shape index (κ1) is 20.4. The zero-order valence-electron chi connectivity index (χ0n) is 17.2. The van der Waals surface area contributed by atoms with Crippen LogP contribution in [0.3, 0.4) is 0 Å². The molecule has 154 valence electrons. The van der Waals surface area contributed by atoms with Crippen molar-refractivity contribution >= 4 is 23.1 Å². The Morgan fingerprint density at radius 3 is 2.38 bits per heavy atom. The molecule has 2 aliphatic rings. The highest BCUT2D eigenvalue weighted by atomic mass is 35.5. The lowest BCUT2D eigenvalue weighted by molar-refractivity contribution is 0.0974. The van der Waals surface area contributed by atoms with Crippen molar-refractivity contribution < 1.29 is 4.79 Å². The van der Waals surface area contributed by atoms with Gasteiger partial charge in [-0.2, -0.15) is 0 Å². The quantitative estimate of drug-likeness (QED) is 0.540. The molecule has 0 radical (unpaired) electrons. The fourth-order valence-corrected chi connectivity index (χ4v) is 4.89.